The van der Waals surface area contributed by atoms with E-state index in [0.717, 1.165) is 5.56 Å². The number of carbonyl (C=O) groups excluding carboxylic acids is 1. The minimum absolute atomic E-state index is 0.210. The second-order valence-electron chi connectivity index (χ2n) is 4.39. The zero-order valence-corrected chi connectivity index (χ0v) is 11.7. The number of carboxylic acid groups (broad SMARTS) is 1. The van der Waals surface area contributed by atoms with Crippen molar-refractivity contribution >= 4 is 23.2 Å². The highest BCUT2D eigenvalue weighted by Crippen LogP contribution is 2.16. The molecule has 0 aliphatic rings. The van der Waals surface area contributed by atoms with Gasteiger partial charge in [-0.25, -0.2) is 0 Å². The Balaban J connectivity index is 2.79. The number of aryl methyl sites for hydroxylation is 1. The smallest absolute Gasteiger partial charge is 0.323 e. The van der Waals surface area contributed by atoms with Crippen molar-refractivity contribution in [2.24, 2.45) is 0 Å². The molecule has 1 amide bonds. The fourth-order valence-corrected chi connectivity index (χ4v) is 2.31. The molecule has 100 valence electrons. The molecule has 0 aromatic carbocycles. The van der Waals surface area contributed by atoms with E-state index < -0.39 is 5.97 Å². The quantitative estimate of drug-likeness (QED) is 0.842. The van der Waals surface area contributed by atoms with Crippen LogP contribution in [0.25, 0.3) is 0 Å². The standard InChI is InChI=1S/C12H18N2O3S/c1-9-7-18-8-10(9)12(17)14(6-11(15)16)5-4-13(2)3/h7-8H,4-6H2,1-3H3,(H,15,16). The molecule has 1 N–H and O–H groups in total. The van der Waals surface area contributed by atoms with Crippen molar-refractivity contribution in [1.82, 2.24) is 9.80 Å². The van der Waals surface area contributed by atoms with Crippen LogP contribution in [0.2, 0.25) is 0 Å². The van der Waals surface area contributed by atoms with E-state index in [2.05, 4.69) is 0 Å². The monoisotopic (exact) mass is 270 g/mol. The van der Waals surface area contributed by atoms with Gasteiger partial charge >= 0.3 is 5.97 Å². The summed E-state index contributed by atoms with van der Waals surface area (Å²) in [5.74, 6) is -1.20. The van der Waals surface area contributed by atoms with Crippen LogP contribution in [-0.2, 0) is 4.79 Å². The summed E-state index contributed by atoms with van der Waals surface area (Å²) in [6.07, 6.45) is 0. The zero-order valence-electron chi connectivity index (χ0n) is 10.8. The van der Waals surface area contributed by atoms with E-state index in [0.29, 0.717) is 18.7 Å². The number of carboxylic acids is 1. The van der Waals surface area contributed by atoms with E-state index in [1.807, 2.05) is 31.3 Å². The summed E-state index contributed by atoms with van der Waals surface area (Å²) in [4.78, 5) is 26.3. The number of amides is 1. The van der Waals surface area contributed by atoms with Crippen molar-refractivity contribution in [2.75, 3.05) is 33.7 Å². The van der Waals surface area contributed by atoms with Crippen LogP contribution in [0.3, 0.4) is 0 Å². The number of carbonyl (C=O) groups is 2. The number of nitrogens with zero attached hydrogens (tertiary/aromatic N) is 2. The maximum atomic E-state index is 12.2. The highest BCUT2D eigenvalue weighted by atomic mass is 32.1. The van der Waals surface area contributed by atoms with E-state index in [1.54, 1.807) is 5.38 Å². The van der Waals surface area contributed by atoms with Crippen molar-refractivity contribution in [3.05, 3.63) is 21.9 Å². The van der Waals surface area contributed by atoms with Crippen LogP contribution in [0, 0.1) is 6.92 Å². The first-order valence-corrected chi connectivity index (χ1v) is 6.54. The van der Waals surface area contributed by atoms with Crippen molar-refractivity contribution in [3.63, 3.8) is 0 Å². The molecule has 1 rings (SSSR count). The molecule has 0 saturated heterocycles. The topological polar surface area (TPSA) is 60.9 Å². The number of hydrogen-bond donors (Lipinski definition) is 1. The van der Waals surface area contributed by atoms with Gasteiger partial charge < -0.3 is 14.9 Å². The van der Waals surface area contributed by atoms with Gasteiger partial charge in [-0.05, 0) is 32.0 Å². The van der Waals surface area contributed by atoms with Gasteiger partial charge in [0.05, 0.1) is 5.56 Å². The normalized spacial score (nSPS) is 10.7. The lowest BCUT2D eigenvalue weighted by molar-refractivity contribution is -0.137. The second-order valence-corrected chi connectivity index (χ2v) is 5.14. The first kappa shape index (κ1) is 14.7. The van der Waals surface area contributed by atoms with Gasteiger partial charge in [0.2, 0.25) is 0 Å². The number of likely N-dealkylation sites (N-methyl/N-ethyl adjacent to an activating group) is 1. The van der Waals surface area contributed by atoms with Crippen molar-refractivity contribution in [1.29, 1.82) is 0 Å². The summed E-state index contributed by atoms with van der Waals surface area (Å²) in [6, 6.07) is 0. The van der Waals surface area contributed by atoms with E-state index in [-0.39, 0.29) is 12.5 Å². The third kappa shape index (κ3) is 4.12. The average molecular weight is 270 g/mol. The Morgan fingerprint density at radius 1 is 1.28 bits per heavy atom. The molecule has 18 heavy (non-hydrogen) atoms. The summed E-state index contributed by atoms with van der Waals surface area (Å²) in [6.45, 7) is 2.65. The van der Waals surface area contributed by atoms with Gasteiger partial charge in [0.15, 0.2) is 0 Å². The SMILES string of the molecule is Cc1cscc1C(=O)N(CCN(C)C)CC(=O)O. The maximum absolute atomic E-state index is 12.2. The van der Waals surface area contributed by atoms with E-state index in [4.69, 9.17) is 5.11 Å². The van der Waals surface area contributed by atoms with Crippen LogP contribution in [0.4, 0.5) is 0 Å². The number of hydrogen-bond acceptors (Lipinski definition) is 4. The lowest BCUT2D eigenvalue weighted by Gasteiger charge is -2.22. The van der Waals surface area contributed by atoms with E-state index in [9.17, 15) is 9.59 Å². The summed E-state index contributed by atoms with van der Waals surface area (Å²) in [5, 5.41) is 12.5. The van der Waals surface area contributed by atoms with Crippen molar-refractivity contribution < 1.29 is 14.7 Å². The Labute approximate surface area is 111 Å². The Morgan fingerprint density at radius 2 is 1.94 bits per heavy atom. The molecule has 0 radical (unpaired) electrons. The third-order valence-corrected chi connectivity index (χ3v) is 3.38. The molecule has 0 atom stereocenters. The van der Waals surface area contributed by atoms with Crippen LogP contribution in [0.15, 0.2) is 10.8 Å². The molecule has 1 aromatic rings. The first-order chi connectivity index (χ1) is 8.41. The lowest BCUT2D eigenvalue weighted by Crippen LogP contribution is -2.40. The molecule has 0 unspecified atom stereocenters. The Bertz CT molecular complexity index is 429. The molecule has 6 heteroatoms. The van der Waals surface area contributed by atoms with E-state index in [1.165, 1.54) is 16.2 Å². The minimum Gasteiger partial charge on any atom is -0.480 e. The summed E-state index contributed by atoms with van der Waals surface area (Å²) in [5.41, 5.74) is 1.49. The van der Waals surface area contributed by atoms with Gasteiger partial charge in [0, 0.05) is 18.5 Å². The number of thiophene rings is 1. The van der Waals surface area contributed by atoms with Gasteiger partial charge in [0.1, 0.15) is 6.54 Å². The Kier molecular flexibility index (Phi) is 5.30. The third-order valence-electron chi connectivity index (χ3n) is 2.52. The molecule has 0 spiro atoms. The molecular formula is C12H18N2O3S. The fourth-order valence-electron chi connectivity index (χ4n) is 1.49. The number of aliphatic carboxylic acids is 1. The Morgan fingerprint density at radius 3 is 2.39 bits per heavy atom. The molecule has 0 aliphatic carbocycles. The van der Waals surface area contributed by atoms with Crippen LogP contribution in [0.5, 0.6) is 0 Å². The minimum atomic E-state index is -0.991. The predicted octanol–water partition coefficient (Wildman–Crippen LogP) is 1.14. The first-order valence-electron chi connectivity index (χ1n) is 5.60. The van der Waals surface area contributed by atoms with Crippen LogP contribution in [0.1, 0.15) is 15.9 Å². The molecular weight excluding hydrogens is 252 g/mol. The molecule has 1 heterocycles. The second kappa shape index (κ2) is 6.51. The average Bonchev–Trinajstić information content (AvgIpc) is 2.69. The molecule has 0 saturated carbocycles. The summed E-state index contributed by atoms with van der Waals surface area (Å²) in [7, 11) is 3.78. The molecule has 1 aromatic heterocycles. The van der Waals surface area contributed by atoms with Gasteiger partial charge in [-0.3, -0.25) is 9.59 Å². The zero-order chi connectivity index (χ0) is 13.7. The fraction of sp³-hybridized carbons (Fsp3) is 0.500. The van der Waals surface area contributed by atoms with Crippen LogP contribution in [-0.4, -0.2) is 60.5 Å². The van der Waals surface area contributed by atoms with E-state index >= 15 is 0 Å². The lowest BCUT2D eigenvalue weighted by atomic mass is 10.2. The van der Waals surface area contributed by atoms with Crippen LogP contribution >= 0.6 is 11.3 Å². The molecule has 5 nitrogen and oxygen atoms in total. The largest absolute Gasteiger partial charge is 0.480 e. The van der Waals surface area contributed by atoms with Gasteiger partial charge in [-0.2, -0.15) is 11.3 Å². The van der Waals surface area contributed by atoms with Crippen LogP contribution < -0.4 is 0 Å². The number of rotatable bonds is 6. The van der Waals surface area contributed by atoms with Gasteiger partial charge in [-0.1, -0.05) is 0 Å². The molecule has 0 aliphatic heterocycles. The predicted molar refractivity (Wildman–Crippen MR) is 71.1 cm³/mol. The van der Waals surface area contributed by atoms with Gasteiger partial charge in [-0.15, -0.1) is 0 Å². The molecule has 0 bridgehead atoms. The summed E-state index contributed by atoms with van der Waals surface area (Å²) < 4.78 is 0. The highest BCUT2D eigenvalue weighted by molar-refractivity contribution is 7.08. The highest BCUT2D eigenvalue weighted by Gasteiger charge is 2.20. The molecule has 0 fully saturated rings. The maximum Gasteiger partial charge on any atom is 0.323 e. The van der Waals surface area contributed by atoms with Crippen molar-refractivity contribution in [3.8, 4) is 0 Å². The Hall–Kier alpha value is -1.40. The van der Waals surface area contributed by atoms with Crippen molar-refractivity contribution in [2.45, 2.75) is 6.92 Å². The summed E-state index contributed by atoms with van der Waals surface area (Å²) >= 11 is 1.45. The van der Waals surface area contributed by atoms with Gasteiger partial charge in [0.25, 0.3) is 5.91 Å².